The number of nitrogens with zero attached hydrogens (tertiary/aromatic N) is 2. The van der Waals surface area contributed by atoms with Crippen molar-refractivity contribution in [3.63, 3.8) is 0 Å². The summed E-state index contributed by atoms with van der Waals surface area (Å²) in [7, 11) is 1.30. The highest BCUT2D eigenvalue weighted by Crippen LogP contribution is 2.31. The summed E-state index contributed by atoms with van der Waals surface area (Å²) in [6, 6.07) is 12.1. The number of pyridine rings is 1. The normalized spacial score (nSPS) is 11.5. The Balaban J connectivity index is 2.13. The molecule has 0 fully saturated rings. The fourth-order valence-corrected chi connectivity index (χ4v) is 2.74. The van der Waals surface area contributed by atoms with E-state index < -0.39 is 6.16 Å². The number of methoxy groups -OCH3 is 1. The van der Waals surface area contributed by atoms with Gasteiger partial charge in [0, 0.05) is 23.8 Å². The predicted octanol–water partition coefficient (Wildman–Crippen LogP) is 4.53. The Morgan fingerprint density at radius 3 is 2.48 bits per heavy atom. The average molecular weight is 338 g/mol. The highest BCUT2D eigenvalue weighted by atomic mass is 16.7. The molecule has 2 heterocycles. The van der Waals surface area contributed by atoms with Gasteiger partial charge < -0.3 is 14.0 Å². The summed E-state index contributed by atoms with van der Waals surface area (Å²) in [4.78, 5) is 15.7. The number of fused-ring (bicyclic) bond motifs is 1. The van der Waals surface area contributed by atoms with E-state index in [1.807, 2.05) is 22.8 Å². The van der Waals surface area contributed by atoms with Gasteiger partial charge in [0.15, 0.2) is 0 Å². The van der Waals surface area contributed by atoms with Gasteiger partial charge in [0.25, 0.3) is 0 Å². The molecule has 0 aliphatic heterocycles. The summed E-state index contributed by atoms with van der Waals surface area (Å²) >= 11 is 0. The molecule has 0 aliphatic carbocycles. The lowest BCUT2D eigenvalue weighted by molar-refractivity contribution is 0.118. The van der Waals surface area contributed by atoms with Crippen LogP contribution in [0.1, 0.15) is 31.9 Å². The van der Waals surface area contributed by atoms with Crippen LogP contribution >= 0.6 is 0 Å². The second-order valence-corrected chi connectivity index (χ2v) is 7.00. The summed E-state index contributed by atoms with van der Waals surface area (Å²) in [5.41, 5.74) is 3.34. The van der Waals surface area contributed by atoms with E-state index in [1.54, 1.807) is 12.4 Å². The minimum atomic E-state index is -0.727. The fourth-order valence-electron chi connectivity index (χ4n) is 2.74. The molecular weight excluding hydrogens is 316 g/mol. The third-order valence-corrected chi connectivity index (χ3v) is 4.18. The van der Waals surface area contributed by atoms with Gasteiger partial charge in [-0.15, -0.1) is 0 Å². The topological polar surface area (TPSA) is 53.4 Å². The molecule has 1 aromatic carbocycles. The first-order valence-corrected chi connectivity index (χ1v) is 8.17. The van der Waals surface area contributed by atoms with Crippen molar-refractivity contribution in [2.45, 2.75) is 32.7 Å². The lowest BCUT2D eigenvalue weighted by atomic mass is 9.87. The van der Waals surface area contributed by atoms with Gasteiger partial charge in [-0.05, 0) is 34.7 Å². The molecule has 25 heavy (non-hydrogen) atoms. The van der Waals surface area contributed by atoms with Crippen LogP contribution in [0.25, 0.3) is 10.9 Å². The number of aromatic nitrogens is 2. The summed E-state index contributed by atoms with van der Waals surface area (Å²) in [5, 5.41) is 1.01. The number of benzene rings is 1. The summed E-state index contributed by atoms with van der Waals surface area (Å²) in [5.74, 6) is 0.463. The molecule has 2 aromatic heterocycles. The zero-order valence-corrected chi connectivity index (χ0v) is 14.9. The van der Waals surface area contributed by atoms with Gasteiger partial charge in [0.05, 0.1) is 19.2 Å². The molecule has 130 valence electrons. The van der Waals surface area contributed by atoms with Crippen molar-refractivity contribution < 1.29 is 14.3 Å². The molecule has 0 amide bonds. The summed E-state index contributed by atoms with van der Waals surface area (Å²) < 4.78 is 12.0. The van der Waals surface area contributed by atoms with Crippen LogP contribution in [0.5, 0.6) is 5.88 Å². The van der Waals surface area contributed by atoms with Gasteiger partial charge >= 0.3 is 6.16 Å². The number of carbonyl (C=O) groups excluding carboxylic acids is 1. The van der Waals surface area contributed by atoms with Crippen LogP contribution in [0.15, 0.2) is 48.8 Å². The first kappa shape index (κ1) is 17.0. The second kappa shape index (κ2) is 6.59. The molecular formula is C20H22N2O3. The van der Waals surface area contributed by atoms with E-state index in [2.05, 4.69) is 48.7 Å². The van der Waals surface area contributed by atoms with Crippen molar-refractivity contribution in [3.05, 3.63) is 59.9 Å². The van der Waals surface area contributed by atoms with Crippen LogP contribution in [0, 0.1) is 0 Å². The maximum Gasteiger partial charge on any atom is 0.514 e. The largest absolute Gasteiger partial charge is 0.514 e. The minimum absolute atomic E-state index is 0.0311. The highest BCUT2D eigenvalue weighted by molar-refractivity contribution is 5.84. The molecule has 3 rings (SSSR count). The first-order valence-electron chi connectivity index (χ1n) is 8.17. The maximum absolute atomic E-state index is 11.6. The molecule has 3 aromatic rings. The molecule has 0 bridgehead atoms. The van der Waals surface area contributed by atoms with Crippen molar-refractivity contribution in [3.8, 4) is 5.88 Å². The lowest BCUT2D eigenvalue weighted by Gasteiger charge is -2.19. The van der Waals surface area contributed by atoms with Crippen molar-refractivity contribution in [2.24, 2.45) is 0 Å². The molecule has 0 saturated heterocycles. The van der Waals surface area contributed by atoms with E-state index in [9.17, 15) is 4.79 Å². The Hall–Kier alpha value is -2.82. The SMILES string of the molecule is COC(=O)Oc1cc2ccc(C(C)(C)C)cc2n1Cc1ccncc1. The van der Waals surface area contributed by atoms with Crippen molar-refractivity contribution in [2.75, 3.05) is 7.11 Å². The van der Waals surface area contributed by atoms with Gasteiger partial charge in [-0.1, -0.05) is 32.9 Å². The lowest BCUT2D eigenvalue weighted by Crippen LogP contribution is -2.13. The van der Waals surface area contributed by atoms with Gasteiger partial charge in [0.1, 0.15) is 0 Å². The third kappa shape index (κ3) is 3.65. The van der Waals surface area contributed by atoms with Crippen molar-refractivity contribution >= 4 is 17.1 Å². The van der Waals surface area contributed by atoms with Crippen LogP contribution in [0.4, 0.5) is 4.79 Å². The van der Waals surface area contributed by atoms with E-state index in [4.69, 9.17) is 4.74 Å². The van der Waals surface area contributed by atoms with E-state index in [0.717, 1.165) is 16.5 Å². The molecule has 0 radical (unpaired) electrons. The Labute approximate surface area is 147 Å². The van der Waals surface area contributed by atoms with E-state index in [1.165, 1.54) is 12.7 Å². The molecule has 5 nitrogen and oxygen atoms in total. The quantitative estimate of drug-likeness (QED) is 0.659. The molecule has 0 unspecified atom stereocenters. The van der Waals surface area contributed by atoms with E-state index in [0.29, 0.717) is 12.4 Å². The van der Waals surface area contributed by atoms with Crippen molar-refractivity contribution in [1.29, 1.82) is 0 Å². The monoisotopic (exact) mass is 338 g/mol. The molecule has 0 N–H and O–H groups in total. The molecule has 0 atom stereocenters. The van der Waals surface area contributed by atoms with Crippen molar-refractivity contribution in [1.82, 2.24) is 9.55 Å². The van der Waals surface area contributed by atoms with E-state index in [-0.39, 0.29) is 5.41 Å². The number of ether oxygens (including phenoxy) is 2. The van der Waals surface area contributed by atoms with Crippen LogP contribution in [-0.4, -0.2) is 22.8 Å². The number of carbonyl (C=O) groups is 1. The summed E-state index contributed by atoms with van der Waals surface area (Å²) in [6.07, 6.45) is 2.78. The standard InChI is InChI=1S/C20H22N2O3/c1-20(2,3)16-6-5-15-11-18(25-19(23)24-4)22(17(15)12-16)13-14-7-9-21-10-8-14/h5-12H,13H2,1-4H3. The van der Waals surface area contributed by atoms with Gasteiger partial charge in [-0.3, -0.25) is 4.98 Å². The number of hydrogen-bond donors (Lipinski definition) is 0. The first-order chi connectivity index (χ1) is 11.9. The number of hydrogen-bond acceptors (Lipinski definition) is 4. The zero-order chi connectivity index (χ0) is 18.0. The third-order valence-electron chi connectivity index (χ3n) is 4.18. The zero-order valence-electron chi connectivity index (χ0n) is 14.9. The Morgan fingerprint density at radius 1 is 1.12 bits per heavy atom. The molecule has 0 aliphatic rings. The highest BCUT2D eigenvalue weighted by Gasteiger charge is 2.18. The summed E-state index contributed by atoms with van der Waals surface area (Å²) in [6.45, 7) is 7.11. The van der Waals surface area contributed by atoms with E-state index >= 15 is 0 Å². The second-order valence-electron chi connectivity index (χ2n) is 7.00. The Morgan fingerprint density at radius 2 is 1.84 bits per heavy atom. The van der Waals surface area contributed by atoms with Gasteiger partial charge in [0.2, 0.25) is 5.88 Å². The Kier molecular flexibility index (Phi) is 4.49. The average Bonchev–Trinajstić information content (AvgIpc) is 2.91. The van der Waals surface area contributed by atoms with Gasteiger partial charge in [-0.2, -0.15) is 0 Å². The molecule has 0 saturated carbocycles. The van der Waals surface area contributed by atoms with Gasteiger partial charge in [-0.25, -0.2) is 4.79 Å². The minimum Gasteiger partial charge on any atom is -0.437 e. The number of rotatable bonds is 3. The Bertz CT molecular complexity index is 892. The van der Waals surface area contributed by atoms with Crippen LogP contribution in [0.3, 0.4) is 0 Å². The predicted molar refractivity (Wildman–Crippen MR) is 97.0 cm³/mol. The molecule has 5 heteroatoms. The van der Waals surface area contributed by atoms with Crippen LogP contribution in [-0.2, 0) is 16.7 Å². The smallest absolute Gasteiger partial charge is 0.437 e. The van der Waals surface area contributed by atoms with Crippen LogP contribution in [0.2, 0.25) is 0 Å². The molecule has 0 spiro atoms. The fraction of sp³-hybridized carbons (Fsp3) is 0.300. The maximum atomic E-state index is 11.6. The van der Waals surface area contributed by atoms with Crippen LogP contribution < -0.4 is 4.74 Å².